The van der Waals surface area contributed by atoms with E-state index in [0.717, 1.165) is 22.2 Å². The van der Waals surface area contributed by atoms with Crippen LogP contribution in [0.3, 0.4) is 0 Å². The minimum Gasteiger partial charge on any atom is -0.306 e. The quantitative estimate of drug-likeness (QED) is 0.712. The summed E-state index contributed by atoms with van der Waals surface area (Å²) >= 11 is 0. The van der Waals surface area contributed by atoms with Crippen LogP contribution in [0.25, 0.3) is 16.6 Å². The summed E-state index contributed by atoms with van der Waals surface area (Å²) in [4.78, 5) is 20.3. The van der Waals surface area contributed by atoms with Crippen molar-refractivity contribution in [3.8, 4) is 0 Å². The van der Waals surface area contributed by atoms with Crippen LogP contribution in [-0.2, 0) is 0 Å². The minimum atomic E-state index is -0.197. The van der Waals surface area contributed by atoms with Gasteiger partial charge in [0.2, 0.25) is 0 Å². The van der Waals surface area contributed by atoms with E-state index in [-0.39, 0.29) is 5.69 Å². The highest BCUT2D eigenvalue weighted by molar-refractivity contribution is 6.09. The molecule has 0 saturated carbocycles. The van der Waals surface area contributed by atoms with E-state index < -0.39 is 0 Å². The fourth-order valence-corrected chi connectivity index (χ4v) is 1.46. The third-order valence-corrected chi connectivity index (χ3v) is 2.17. The molecule has 0 amide bonds. The molecule has 15 heavy (non-hydrogen) atoms. The first-order valence-corrected chi connectivity index (χ1v) is 4.54. The Bertz CT molecular complexity index is 589. The summed E-state index contributed by atoms with van der Waals surface area (Å²) in [6.45, 7) is 3.88. The van der Waals surface area contributed by atoms with Gasteiger partial charge < -0.3 is 9.97 Å². The van der Waals surface area contributed by atoms with E-state index in [2.05, 4.69) is 21.5 Å². The monoisotopic (exact) mass is 201 g/mol. The number of aromatic amines is 2. The van der Waals surface area contributed by atoms with Crippen molar-refractivity contribution in [1.29, 1.82) is 0 Å². The Hall–Kier alpha value is -2.10. The Labute approximate surface area is 86.4 Å². The molecule has 76 valence electrons. The summed E-state index contributed by atoms with van der Waals surface area (Å²) < 4.78 is 0. The third-order valence-electron chi connectivity index (χ3n) is 2.17. The van der Waals surface area contributed by atoms with Gasteiger partial charge in [0, 0.05) is 13.3 Å². The van der Waals surface area contributed by atoms with Crippen LogP contribution in [-0.4, -0.2) is 23.2 Å². The standard InChI is InChI=1S/C11H11N3O/c1-7(6-12-2)8-3-4-9-10(5-8)14-11(15)13-9/h3-6H,1H2,2H3,(H2,13,14,15). The van der Waals surface area contributed by atoms with Crippen LogP contribution in [0, 0.1) is 0 Å². The van der Waals surface area contributed by atoms with Gasteiger partial charge in [-0.05, 0) is 23.3 Å². The van der Waals surface area contributed by atoms with Gasteiger partial charge in [0.1, 0.15) is 0 Å². The molecule has 0 aliphatic carbocycles. The van der Waals surface area contributed by atoms with Crippen molar-refractivity contribution in [1.82, 2.24) is 9.97 Å². The molecule has 0 unspecified atom stereocenters. The van der Waals surface area contributed by atoms with Crippen LogP contribution >= 0.6 is 0 Å². The Kier molecular flexibility index (Phi) is 2.25. The smallest absolute Gasteiger partial charge is 0.306 e. The van der Waals surface area contributed by atoms with Gasteiger partial charge in [-0.3, -0.25) is 4.99 Å². The van der Waals surface area contributed by atoms with Crippen LogP contribution in [0.5, 0.6) is 0 Å². The molecule has 4 heteroatoms. The van der Waals surface area contributed by atoms with E-state index in [1.54, 1.807) is 13.3 Å². The second-order valence-electron chi connectivity index (χ2n) is 3.25. The van der Waals surface area contributed by atoms with E-state index in [1.165, 1.54) is 0 Å². The summed E-state index contributed by atoms with van der Waals surface area (Å²) in [7, 11) is 1.70. The number of benzene rings is 1. The van der Waals surface area contributed by atoms with E-state index in [1.807, 2.05) is 18.2 Å². The van der Waals surface area contributed by atoms with E-state index in [0.29, 0.717) is 0 Å². The zero-order chi connectivity index (χ0) is 10.8. The number of aliphatic imine (C=N–C) groups is 1. The predicted molar refractivity (Wildman–Crippen MR) is 62.4 cm³/mol. The molecule has 1 heterocycles. The SMILES string of the molecule is C=C(C=NC)c1ccc2[nH]c(=O)[nH]c2c1. The van der Waals surface area contributed by atoms with E-state index in [4.69, 9.17) is 0 Å². The molecule has 2 rings (SSSR count). The number of allylic oxidation sites excluding steroid dienone is 1. The van der Waals surface area contributed by atoms with E-state index in [9.17, 15) is 4.79 Å². The number of hydrogen-bond acceptors (Lipinski definition) is 2. The highest BCUT2D eigenvalue weighted by Crippen LogP contribution is 2.15. The molecule has 1 aromatic heterocycles. The van der Waals surface area contributed by atoms with Crippen molar-refractivity contribution in [3.63, 3.8) is 0 Å². The summed E-state index contributed by atoms with van der Waals surface area (Å²) in [5.74, 6) is 0. The van der Waals surface area contributed by atoms with Crippen molar-refractivity contribution in [2.75, 3.05) is 7.05 Å². The largest absolute Gasteiger partial charge is 0.323 e. The molecule has 4 nitrogen and oxygen atoms in total. The lowest BCUT2D eigenvalue weighted by Gasteiger charge is -1.98. The molecule has 2 aromatic rings. The zero-order valence-electron chi connectivity index (χ0n) is 8.37. The van der Waals surface area contributed by atoms with Crippen molar-refractivity contribution < 1.29 is 0 Å². The summed E-state index contributed by atoms with van der Waals surface area (Å²) in [6.07, 6.45) is 1.69. The zero-order valence-corrected chi connectivity index (χ0v) is 8.37. The fraction of sp³-hybridized carbons (Fsp3) is 0.0909. The Morgan fingerprint density at radius 1 is 1.40 bits per heavy atom. The van der Waals surface area contributed by atoms with Crippen LogP contribution in [0.15, 0.2) is 34.6 Å². The van der Waals surface area contributed by atoms with Gasteiger partial charge in [0.15, 0.2) is 0 Å². The maximum atomic E-state index is 11.0. The number of imidazole rings is 1. The Morgan fingerprint density at radius 2 is 2.13 bits per heavy atom. The van der Waals surface area contributed by atoms with Crippen molar-refractivity contribution in [3.05, 3.63) is 40.8 Å². The van der Waals surface area contributed by atoms with Gasteiger partial charge >= 0.3 is 5.69 Å². The molecule has 0 aliphatic heterocycles. The van der Waals surface area contributed by atoms with Gasteiger partial charge in [0.05, 0.1) is 11.0 Å². The minimum absolute atomic E-state index is 0.197. The molecule has 0 atom stereocenters. The summed E-state index contributed by atoms with van der Waals surface area (Å²) in [5, 5.41) is 0. The topological polar surface area (TPSA) is 61.0 Å². The van der Waals surface area contributed by atoms with Gasteiger partial charge in [0.25, 0.3) is 0 Å². The number of hydrogen-bond donors (Lipinski definition) is 2. The molecule has 0 spiro atoms. The second-order valence-corrected chi connectivity index (χ2v) is 3.25. The van der Waals surface area contributed by atoms with Crippen LogP contribution < -0.4 is 5.69 Å². The molecular weight excluding hydrogens is 190 g/mol. The molecule has 2 N–H and O–H groups in total. The van der Waals surface area contributed by atoms with Gasteiger partial charge in [-0.25, -0.2) is 4.79 Å². The average molecular weight is 201 g/mol. The normalized spacial score (nSPS) is 11.3. The number of nitrogens with one attached hydrogen (secondary N) is 2. The Morgan fingerprint density at radius 3 is 2.87 bits per heavy atom. The third kappa shape index (κ3) is 1.74. The van der Waals surface area contributed by atoms with E-state index >= 15 is 0 Å². The molecule has 0 bridgehead atoms. The highest BCUT2D eigenvalue weighted by atomic mass is 16.1. The average Bonchev–Trinajstić information content (AvgIpc) is 2.57. The highest BCUT2D eigenvalue weighted by Gasteiger charge is 2.00. The van der Waals surface area contributed by atoms with Gasteiger partial charge in [-0.15, -0.1) is 0 Å². The Balaban J connectivity index is 2.55. The number of aromatic nitrogens is 2. The van der Waals surface area contributed by atoms with Crippen molar-refractivity contribution in [2.45, 2.75) is 0 Å². The maximum Gasteiger partial charge on any atom is 0.323 e. The lowest BCUT2D eigenvalue weighted by Crippen LogP contribution is -1.99. The first-order valence-electron chi connectivity index (χ1n) is 4.54. The first kappa shape index (κ1) is 9.45. The molecule has 0 fully saturated rings. The van der Waals surface area contributed by atoms with Crippen molar-refractivity contribution in [2.24, 2.45) is 4.99 Å². The number of nitrogens with zero attached hydrogens (tertiary/aromatic N) is 1. The number of rotatable bonds is 2. The predicted octanol–water partition coefficient (Wildman–Crippen LogP) is 1.57. The van der Waals surface area contributed by atoms with Crippen LogP contribution in [0.1, 0.15) is 5.56 Å². The molecule has 1 aromatic carbocycles. The summed E-state index contributed by atoms with van der Waals surface area (Å²) in [5.41, 5.74) is 3.15. The van der Waals surface area contributed by atoms with Gasteiger partial charge in [-0.2, -0.15) is 0 Å². The van der Waals surface area contributed by atoms with Crippen LogP contribution in [0.4, 0.5) is 0 Å². The first-order chi connectivity index (χ1) is 7.20. The molecular formula is C11H11N3O. The molecule has 0 radical (unpaired) electrons. The lowest BCUT2D eigenvalue weighted by atomic mass is 10.1. The number of H-pyrrole nitrogens is 2. The molecule has 0 saturated heterocycles. The van der Waals surface area contributed by atoms with Gasteiger partial charge in [-0.1, -0.05) is 12.6 Å². The second kappa shape index (κ2) is 3.57. The lowest BCUT2D eigenvalue weighted by molar-refractivity contribution is 1.21. The maximum absolute atomic E-state index is 11.0. The molecule has 0 aliphatic rings. The van der Waals surface area contributed by atoms with Crippen molar-refractivity contribution >= 4 is 22.8 Å². The van der Waals surface area contributed by atoms with Crippen LogP contribution in [0.2, 0.25) is 0 Å². The number of fused-ring (bicyclic) bond motifs is 1. The summed E-state index contributed by atoms with van der Waals surface area (Å²) in [6, 6.07) is 5.62. The fourth-order valence-electron chi connectivity index (χ4n) is 1.46.